The number of hydrogen-bond acceptors (Lipinski definition) is 5. The Balaban J connectivity index is 1.80. The Kier molecular flexibility index (Phi) is 6.83. The van der Waals surface area contributed by atoms with Gasteiger partial charge < -0.3 is 14.2 Å². The molecular formula is C17H21IO5. The summed E-state index contributed by atoms with van der Waals surface area (Å²) in [5.41, 5.74) is 0.518. The molecule has 0 saturated carbocycles. The monoisotopic (exact) mass is 432 g/mol. The SMILES string of the molecule is CC(C)C(=O)O[C@@H]1CCO[C@H](COC(=O)c2ccc(I)cc2)C1. The van der Waals surface area contributed by atoms with Gasteiger partial charge in [0, 0.05) is 16.4 Å². The van der Waals surface area contributed by atoms with Crippen LogP contribution in [0.1, 0.15) is 37.0 Å². The van der Waals surface area contributed by atoms with E-state index in [0.29, 0.717) is 25.0 Å². The maximum absolute atomic E-state index is 12.0. The van der Waals surface area contributed by atoms with Crippen LogP contribution in [0.15, 0.2) is 24.3 Å². The average molecular weight is 432 g/mol. The molecule has 5 nitrogen and oxygen atoms in total. The standard InChI is InChI=1S/C17H21IO5/c1-11(2)16(19)23-14-7-8-21-15(9-14)10-22-17(20)12-3-5-13(18)6-4-12/h3-6,11,14-15H,7-10H2,1-2H3/t14-,15+/m1/s1. The minimum atomic E-state index is -0.369. The third kappa shape index (κ3) is 5.76. The van der Waals surface area contributed by atoms with Crippen LogP contribution in [0.3, 0.4) is 0 Å². The summed E-state index contributed by atoms with van der Waals surface area (Å²) in [6.45, 7) is 4.28. The van der Waals surface area contributed by atoms with Gasteiger partial charge in [-0.3, -0.25) is 4.79 Å². The van der Waals surface area contributed by atoms with Gasteiger partial charge in [0.2, 0.25) is 0 Å². The number of hydrogen-bond donors (Lipinski definition) is 0. The van der Waals surface area contributed by atoms with Crippen molar-refractivity contribution in [3.63, 3.8) is 0 Å². The fraction of sp³-hybridized carbons (Fsp3) is 0.529. The van der Waals surface area contributed by atoms with Gasteiger partial charge in [-0.15, -0.1) is 0 Å². The highest BCUT2D eigenvalue weighted by Gasteiger charge is 2.27. The summed E-state index contributed by atoms with van der Waals surface area (Å²) in [5.74, 6) is -0.715. The van der Waals surface area contributed by atoms with Crippen LogP contribution in [0.25, 0.3) is 0 Å². The zero-order valence-electron chi connectivity index (χ0n) is 13.3. The largest absolute Gasteiger partial charge is 0.462 e. The molecule has 2 rings (SSSR count). The number of esters is 2. The highest BCUT2D eigenvalue weighted by atomic mass is 127. The van der Waals surface area contributed by atoms with E-state index in [4.69, 9.17) is 14.2 Å². The fourth-order valence-corrected chi connectivity index (χ4v) is 2.57. The summed E-state index contributed by atoms with van der Waals surface area (Å²) in [6, 6.07) is 7.18. The Morgan fingerprint density at radius 3 is 2.65 bits per heavy atom. The normalized spacial score (nSPS) is 21.0. The molecule has 23 heavy (non-hydrogen) atoms. The molecule has 0 aliphatic carbocycles. The van der Waals surface area contributed by atoms with Gasteiger partial charge in [-0.1, -0.05) is 13.8 Å². The summed E-state index contributed by atoms with van der Waals surface area (Å²) in [7, 11) is 0. The van der Waals surface area contributed by atoms with Gasteiger partial charge in [0.05, 0.1) is 24.2 Å². The maximum Gasteiger partial charge on any atom is 0.338 e. The Labute approximate surface area is 149 Å². The van der Waals surface area contributed by atoms with Crippen LogP contribution in [0.4, 0.5) is 0 Å². The average Bonchev–Trinajstić information content (AvgIpc) is 2.53. The van der Waals surface area contributed by atoms with Crippen LogP contribution in [0, 0.1) is 9.49 Å². The fourth-order valence-electron chi connectivity index (χ4n) is 2.21. The van der Waals surface area contributed by atoms with E-state index in [9.17, 15) is 9.59 Å². The molecule has 6 heteroatoms. The molecule has 1 fully saturated rings. The molecule has 2 atom stereocenters. The second kappa shape index (κ2) is 8.63. The van der Waals surface area contributed by atoms with Crippen LogP contribution < -0.4 is 0 Å². The van der Waals surface area contributed by atoms with Crippen LogP contribution in [0.2, 0.25) is 0 Å². The number of carbonyl (C=O) groups excluding carboxylic acids is 2. The van der Waals surface area contributed by atoms with Crippen molar-refractivity contribution in [1.29, 1.82) is 0 Å². The van der Waals surface area contributed by atoms with E-state index in [-0.39, 0.29) is 36.7 Å². The van der Waals surface area contributed by atoms with Crippen LogP contribution >= 0.6 is 22.6 Å². The summed E-state index contributed by atoms with van der Waals surface area (Å²) >= 11 is 2.18. The second-order valence-corrected chi connectivity index (χ2v) is 7.08. The van der Waals surface area contributed by atoms with Gasteiger partial charge in [0.1, 0.15) is 12.7 Å². The summed E-state index contributed by atoms with van der Waals surface area (Å²) in [5, 5.41) is 0. The number of carbonyl (C=O) groups is 2. The highest BCUT2D eigenvalue weighted by molar-refractivity contribution is 14.1. The molecule has 126 valence electrons. The lowest BCUT2D eigenvalue weighted by molar-refractivity contribution is -0.161. The van der Waals surface area contributed by atoms with E-state index < -0.39 is 0 Å². The lowest BCUT2D eigenvalue weighted by Crippen LogP contribution is -2.36. The summed E-state index contributed by atoms with van der Waals surface area (Å²) in [4.78, 5) is 23.6. The molecule has 0 amide bonds. The topological polar surface area (TPSA) is 61.8 Å². The van der Waals surface area contributed by atoms with Crippen molar-refractivity contribution < 1.29 is 23.8 Å². The van der Waals surface area contributed by atoms with Gasteiger partial charge in [0.15, 0.2) is 0 Å². The zero-order valence-corrected chi connectivity index (χ0v) is 15.4. The first kappa shape index (κ1) is 18.2. The van der Waals surface area contributed by atoms with Crippen molar-refractivity contribution in [1.82, 2.24) is 0 Å². The second-order valence-electron chi connectivity index (χ2n) is 5.84. The molecule has 0 N–H and O–H groups in total. The molecule has 0 spiro atoms. The molecule has 1 heterocycles. The third-order valence-electron chi connectivity index (χ3n) is 3.55. The molecule has 0 aromatic heterocycles. The van der Waals surface area contributed by atoms with Crippen LogP contribution in [-0.2, 0) is 19.0 Å². The summed E-state index contributed by atoms with van der Waals surface area (Å²) < 4.78 is 17.4. The van der Waals surface area contributed by atoms with Gasteiger partial charge in [-0.25, -0.2) is 4.79 Å². The third-order valence-corrected chi connectivity index (χ3v) is 4.27. The van der Waals surface area contributed by atoms with Crippen molar-refractivity contribution in [2.75, 3.05) is 13.2 Å². The molecule has 1 aliphatic heterocycles. The first-order chi connectivity index (χ1) is 11.0. The van der Waals surface area contributed by atoms with Crippen molar-refractivity contribution >= 4 is 34.5 Å². The predicted octanol–water partition coefficient (Wildman–Crippen LogP) is 3.19. The Morgan fingerprint density at radius 1 is 1.30 bits per heavy atom. The Morgan fingerprint density at radius 2 is 2.00 bits per heavy atom. The smallest absolute Gasteiger partial charge is 0.338 e. The number of rotatable bonds is 5. The minimum Gasteiger partial charge on any atom is -0.462 e. The van der Waals surface area contributed by atoms with Gasteiger partial charge in [-0.05, 0) is 46.9 Å². The highest BCUT2D eigenvalue weighted by Crippen LogP contribution is 2.19. The Hall–Kier alpha value is -1.15. The van der Waals surface area contributed by atoms with E-state index in [1.54, 1.807) is 12.1 Å². The van der Waals surface area contributed by atoms with E-state index in [0.717, 1.165) is 3.57 Å². The van der Waals surface area contributed by atoms with Gasteiger partial charge in [-0.2, -0.15) is 0 Å². The lowest BCUT2D eigenvalue weighted by atomic mass is 10.1. The zero-order chi connectivity index (χ0) is 16.8. The molecular weight excluding hydrogens is 411 g/mol. The lowest BCUT2D eigenvalue weighted by Gasteiger charge is -2.29. The predicted molar refractivity (Wildman–Crippen MR) is 93.1 cm³/mol. The van der Waals surface area contributed by atoms with Crippen molar-refractivity contribution in [2.24, 2.45) is 5.92 Å². The quantitative estimate of drug-likeness (QED) is 0.529. The number of benzene rings is 1. The van der Waals surface area contributed by atoms with Crippen molar-refractivity contribution in [3.8, 4) is 0 Å². The maximum atomic E-state index is 12.0. The first-order valence-corrected chi connectivity index (χ1v) is 8.78. The molecule has 0 radical (unpaired) electrons. The van der Waals surface area contributed by atoms with Gasteiger partial charge >= 0.3 is 11.9 Å². The molecule has 0 unspecified atom stereocenters. The van der Waals surface area contributed by atoms with Crippen LogP contribution in [-0.4, -0.2) is 37.4 Å². The van der Waals surface area contributed by atoms with Gasteiger partial charge in [0.25, 0.3) is 0 Å². The molecule has 0 bridgehead atoms. The van der Waals surface area contributed by atoms with E-state index >= 15 is 0 Å². The van der Waals surface area contributed by atoms with Crippen molar-refractivity contribution in [3.05, 3.63) is 33.4 Å². The number of ether oxygens (including phenoxy) is 3. The molecule has 1 saturated heterocycles. The molecule has 1 aliphatic rings. The minimum absolute atomic E-state index is 0.144. The van der Waals surface area contributed by atoms with Crippen LogP contribution in [0.5, 0.6) is 0 Å². The Bertz CT molecular complexity index is 540. The van der Waals surface area contributed by atoms with Crippen molar-refractivity contribution in [2.45, 2.75) is 38.9 Å². The van der Waals surface area contributed by atoms with E-state index in [1.165, 1.54) is 0 Å². The molecule has 1 aromatic carbocycles. The first-order valence-electron chi connectivity index (χ1n) is 7.70. The van der Waals surface area contributed by atoms with E-state index in [2.05, 4.69) is 22.6 Å². The summed E-state index contributed by atoms with van der Waals surface area (Å²) in [6.07, 6.45) is 0.834. The van der Waals surface area contributed by atoms with E-state index in [1.807, 2.05) is 26.0 Å². The molecule has 1 aromatic rings. The number of halogens is 1.